The van der Waals surface area contributed by atoms with Gasteiger partial charge in [0.15, 0.2) is 11.5 Å². The largest absolute Gasteiger partial charge is 0.486 e. The minimum Gasteiger partial charge on any atom is -0.486 e. The number of aryl methyl sites for hydroxylation is 1. The third-order valence-electron chi connectivity index (χ3n) is 4.53. The van der Waals surface area contributed by atoms with Gasteiger partial charge >= 0.3 is 0 Å². The fourth-order valence-electron chi connectivity index (χ4n) is 3.33. The zero-order valence-electron chi connectivity index (χ0n) is 13.5. The van der Waals surface area contributed by atoms with Gasteiger partial charge in [-0.25, -0.2) is 0 Å². The normalized spacial score (nSPS) is 22.4. The molecule has 0 radical (unpaired) electrons. The first-order valence-electron chi connectivity index (χ1n) is 8.11. The summed E-state index contributed by atoms with van der Waals surface area (Å²) in [5, 5.41) is 10.5. The number of aromatic nitrogens is 2. The van der Waals surface area contributed by atoms with Crippen LogP contribution in [-0.4, -0.2) is 42.0 Å². The molecule has 7 nitrogen and oxygen atoms in total. The summed E-state index contributed by atoms with van der Waals surface area (Å²) in [6.07, 6.45) is 3.80. The van der Waals surface area contributed by atoms with Gasteiger partial charge in [-0.3, -0.25) is 9.48 Å². The first-order valence-corrected chi connectivity index (χ1v) is 8.11. The molecule has 0 aliphatic carbocycles. The lowest BCUT2D eigenvalue weighted by molar-refractivity contribution is -0.119. The zero-order valence-corrected chi connectivity index (χ0v) is 13.5. The Kier molecular flexibility index (Phi) is 3.86. The molecular weight excluding hydrogens is 308 g/mol. The highest BCUT2D eigenvalue weighted by Crippen LogP contribution is 2.38. The van der Waals surface area contributed by atoms with E-state index in [-0.39, 0.29) is 17.7 Å². The molecule has 0 bridgehead atoms. The molecule has 2 aliphatic rings. The first kappa shape index (κ1) is 15.0. The van der Waals surface area contributed by atoms with Crippen LogP contribution in [0.25, 0.3) is 0 Å². The lowest BCUT2D eigenvalue weighted by atomic mass is 9.90. The molecule has 0 spiro atoms. The van der Waals surface area contributed by atoms with Crippen molar-refractivity contribution >= 4 is 11.6 Å². The molecule has 1 fully saturated rings. The molecule has 2 N–H and O–H groups in total. The number of para-hydroxylation sites is 1. The van der Waals surface area contributed by atoms with Gasteiger partial charge in [-0.2, -0.15) is 5.10 Å². The SMILES string of the molecule is Cn1cc([C@H]2CNC[C@@H]2C(=O)Nc2cccc3c2OCCO3)cn1. The molecule has 1 aromatic heterocycles. The molecule has 7 heteroatoms. The zero-order chi connectivity index (χ0) is 16.5. The number of rotatable bonds is 3. The summed E-state index contributed by atoms with van der Waals surface area (Å²) in [5.74, 6) is 1.25. The van der Waals surface area contributed by atoms with E-state index in [0.717, 1.165) is 12.1 Å². The number of benzene rings is 1. The highest BCUT2D eigenvalue weighted by Gasteiger charge is 2.35. The summed E-state index contributed by atoms with van der Waals surface area (Å²) in [5.41, 5.74) is 1.74. The Morgan fingerprint density at radius 2 is 2.21 bits per heavy atom. The van der Waals surface area contributed by atoms with Crippen LogP contribution in [0.1, 0.15) is 11.5 Å². The van der Waals surface area contributed by atoms with Gasteiger partial charge in [-0.1, -0.05) is 6.07 Å². The molecule has 0 saturated carbocycles. The number of anilines is 1. The van der Waals surface area contributed by atoms with E-state index in [1.807, 2.05) is 37.6 Å². The smallest absolute Gasteiger partial charge is 0.229 e. The van der Waals surface area contributed by atoms with Gasteiger partial charge < -0.3 is 20.1 Å². The molecule has 1 aromatic carbocycles. The van der Waals surface area contributed by atoms with Crippen LogP contribution >= 0.6 is 0 Å². The fourth-order valence-corrected chi connectivity index (χ4v) is 3.33. The molecule has 126 valence electrons. The molecule has 0 unspecified atom stereocenters. The lowest BCUT2D eigenvalue weighted by Gasteiger charge is -2.22. The van der Waals surface area contributed by atoms with Gasteiger partial charge in [0.25, 0.3) is 0 Å². The maximum absolute atomic E-state index is 12.8. The minimum atomic E-state index is -0.144. The van der Waals surface area contributed by atoms with Crippen LogP contribution in [0.2, 0.25) is 0 Å². The number of nitrogens with one attached hydrogen (secondary N) is 2. The van der Waals surface area contributed by atoms with Crippen molar-refractivity contribution < 1.29 is 14.3 Å². The molecule has 2 aromatic rings. The van der Waals surface area contributed by atoms with Crippen LogP contribution in [0.15, 0.2) is 30.6 Å². The van der Waals surface area contributed by atoms with Crippen LogP contribution in [0.3, 0.4) is 0 Å². The summed E-state index contributed by atoms with van der Waals surface area (Å²) in [6.45, 7) is 2.44. The van der Waals surface area contributed by atoms with Gasteiger partial charge in [0.1, 0.15) is 13.2 Å². The van der Waals surface area contributed by atoms with Crippen molar-refractivity contribution in [2.24, 2.45) is 13.0 Å². The number of ether oxygens (including phenoxy) is 2. The molecule has 24 heavy (non-hydrogen) atoms. The van der Waals surface area contributed by atoms with Gasteiger partial charge in [0.05, 0.1) is 17.8 Å². The lowest BCUT2D eigenvalue weighted by Crippen LogP contribution is -2.28. The number of nitrogens with zero attached hydrogens (tertiary/aromatic N) is 2. The van der Waals surface area contributed by atoms with Crippen molar-refractivity contribution in [2.75, 3.05) is 31.6 Å². The quantitative estimate of drug-likeness (QED) is 0.883. The predicted octanol–water partition coefficient (Wildman–Crippen LogP) is 1.13. The van der Waals surface area contributed by atoms with Crippen molar-refractivity contribution in [1.82, 2.24) is 15.1 Å². The second kappa shape index (κ2) is 6.16. The van der Waals surface area contributed by atoms with E-state index in [1.165, 1.54) is 0 Å². The number of hydrogen-bond donors (Lipinski definition) is 2. The van der Waals surface area contributed by atoms with Crippen LogP contribution in [0.5, 0.6) is 11.5 Å². The van der Waals surface area contributed by atoms with Crippen molar-refractivity contribution in [1.29, 1.82) is 0 Å². The van der Waals surface area contributed by atoms with E-state index in [9.17, 15) is 4.79 Å². The van der Waals surface area contributed by atoms with Gasteiger partial charge in [-0.05, 0) is 17.7 Å². The number of carbonyl (C=O) groups excluding carboxylic acids is 1. The van der Waals surface area contributed by atoms with Crippen LogP contribution in [0, 0.1) is 5.92 Å². The molecule has 1 saturated heterocycles. The van der Waals surface area contributed by atoms with Gasteiger partial charge in [-0.15, -0.1) is 0 Å². The summed E-state index contributed by atoms with van der Waals surface area (Å²) in [6, 6.07) is 5.54. The number of amides is 1. The second-order valence-corrected chi connectivity index (χ2v) is 6.14. The van der Waals surface area contributed by atoms with Crippen LogP contribution < -0.4 is 20.1 Å². The van der Waals surface area contributed by atoms with Gasteiger partial charge in [0, 0.05) is 32.3 Å². The minimum absolute atomic E-state index is 0.0172. The summed E-state index contributed by atoms with van der Waals surface area (Å²) in [4.78, 5) is 12.8. The molecular formula is C17H20N4O3. The fraction of sp³-hybridized carbons (Fsp3) is 0.412. The standard InChI is InChI=1S/C17H20N4O3/c1-21-10-11(7-19-21)12-8-18-9-13(12)17(22)20-14-3-2-4-15-16(14)24-6-5-23-15/h2-4,7,10,12-13,18H,5-6,8-9H2,1H3,(H,20,22)/t12-,13+/m1/s1. The maximum atomic E-state index is 12.8. The Labute approximate surface area is 139 Å². The van der Waals surface area contributed by atoms with Crippen molar-refractivity contribution in [3.63, 3.8) is 0 Å². The molecule has 3 heterocycles. The van der Waals surface area contributed by atoms with Crippen LogP contribution in [-0.2, 0) is 11.8 Å². The maximum Gasteiger partial charge on any atom is 0.229 e. The Bertz CT molecular complexity index is 758. The Balaban J connectivity index is 1.54. The van der Waals surface area contributed by atoms with E-state index in [2.05, 4.69) is 15.7 Å². The monoisotopic (exact) mass is 328 g/mol. The molecule has 4 rings (SSSR count). The summed E-state index contributed by atoms with van der Waals surface area (Å²) >= 11 is 0. The highest BCUT2D eigenvalue weighted by atomic mass is 16.6. The van der Waals surface area contributed by atoms with Crippen molar-refractivity contribution in [2.45, 2.75) is 5.92 Å². The predicted molar refractivity (Wildman–Crippen MR) is 88.4 cm³/mol. The third kappa shape index (κ3) is 2.71. The van der Waals surface area contributed by atoms with Crippen molar-refractivity contribution in [3.8, 4) is 11.5 Å². The van der Waals surface area contributed by atoms with E-state index in [1.54, 1.807) is 4.68 Å². The van der Waals surface area contributed by atoms with E-state index >= 15 is 0 Å². The Hall–Kier alpha value is -2.54. The van der Waals surface area contributed by atoms with E-state index in [4.69, 9.17) is 9.47 Å². The highest BCUT2D eigenvalue weighted by molar-refractivity contribution is 5.95. The molecule has 2 aliphatic heterocycles. The first-order chi connectivity index (χ1) is 11.7. The summed E-state index contributed by atoms with van der Waals surface area (Å²) in [7, 11) is 1.88. The molecule has 2 atom stereocenters. The Morgan fingerprint density at radius 3 is 3.04 bits per heavy atom. The number of hydrogen-bond acceptors (Lipinski definition) is 5. The van der Waals surface area contributed by atoms with E-state index in [0.29, 0.717) is 36.9 Å². The molecule has 1 amide bonds. The van der Waals surface area contributed by atoms with Gasteiger partial charge in [0.2, 0.25) is 5.91 Å². The number of fused-ring (bicyclic) bond motifs is 1. The van der Waals surface area contributed by atoms with E-state index < -0.39 is 0 Å². The Morgan fingerprint density at radius 1 is 1.33 bits per heavy atom. The number of carbonyl (C=O) groups is 1. The average Bonchev–Trinajstić information content (AvgIpc) is 3.24. The van der Waals surface area contributed by atoms with Crippen molar-refractivity contribution in [3.05, 3.63) is 36.2 Å². The summed E-state index contributed by atoms with van der Waals surface area (Å²) < 4.78 is 13.0. The average molecular weight is 328 g/mol. The topological polar surface area (TPSA) is 77.4 Å². The second-order valence-electron chi connectivity index (χ2n) is 6.14. The third-order valence-corrected chi connectivity index (χ3v) is 4.53. The van der Waals surface area contributed by atoms with Crippen LogP contribution in [0.4, 0.5) is 5.69 Å².